The minimum Gasteiger partial charge on any atom is -0.381 e. The van der Waals surface area contributed by atoms with Crippen LogP contribution in [0.1, 0.15) is 6.42 Å². The van der Waals surface area contributed by atoms with Crippen LogP contribution in [0.4, 0.5) is 10.1 Å². The van der Waals surface area contributed by atoms with E-state index in [-0.39, 0.29) is 17.5 Å². The number of carbonyl (C=O) groups is 1. The lowest BCUT2D eigenvalue weighted by Crippen LogP contribution is -2.23. The van der Waals surface area contributed by atoms with Crippen molar-refractivity contribution in [1.29, 1.82) is 0 Å². The third-order valence-corrected chi connectivity index (χ3v) is 2.72. The Bertz CT molecular complexity index is 405. The van der Waals surface area contributed by atoms with E-state index < -0.39 is 5.82 Å². The van der Waals surface area contributed by atoms with E-state index >= 15 is 0 Å². The molecule has 0 spiro atoms. The van der Waals surface area contributed by atoms with E-state index in [1.54, 1.807) is 0 Å². The van der Waals surface area contributed by atoms with Crippen LogP contribution >= 0.6 is 11.6 Å². The van der Waals surface area contributed by atoms with Crippen molar-refractivity contribution in [3.8, 4) is 0 Å². The van der Waals surface area contributed by atoms with Crippen LogP contribution in [0.5, 0.6) is 0 Å². The normalized spacial score (nSPS) is 19.8. The van der Waals surface area contributed by atoms with Gasteiger partial charge in [-0.1, -0.05) is 11.6 Å². The molecule has 1 aromatic carbocycles. The number of rotatable bonds is 2. The van der Waals surface area contributed by atoms with Crippen molar-refractivity contribution in [3.05, 3.63) is 29.0 Å². The summed E-state index contributed by atoms with van der Waals surface area (Å²) in [6.07, 6.45) is 0.675. The standard InChI is InChI=1S/C11H11ClFNO2/c12-8-1-2-9(13)10(5-8)14-11(15)7-3-4-16-6-7/h1-2,5,7H,3-4,6H2,(H,14,15). The summed E-state index contributed by atoms with van der Waals surface area (Å²) >= 11 is 5.72. The van der Waals surface area contributed by atoms with Gasteiger partial charge in [-0.05, 0) is 24.6 Å². The molecule has 16 heavy (non-hydrogen) atoms. The molecule has 5 heteroatoms. The second kappa shape index (κ2) is 4.80. The van der Waals surface area contributed by atoms with Gasteiger partial charge < -0.3 is 10.1 Å². The first-order valence-electron chi connectivity index (χ1n) is 5.00. The van der Waals surface area contributed by atoms with Crippen LogP contribution in [0.25, 0.3) is 0 Å². The van der Waals surface area contributed by atoms with Crippen molar-refractivity contribution in [2.75, 3.05) is 18.5 Å². The predicted octanol–water partition coefficient (Wildman–Crippen LogP) is 2.45. The molecule has 86 valence electrons. The molecule has 1 heterocycles. The first-order valence-corrected chi connectivity index (χ1v) is 5.38. The highest BCUT2D eigenvalue weighted by Crippen LogP contribution is 2.21. The highest BCUT2D eigenvalue weighted by Gasteiger charge is 2.24. The highest BCUT2D eigenvalue weighted by molar-refractivity contribution is 6.30. The largest absolute Gasteiger partial charge is 0.381 e. The van der Waals surface area contributed by atoms with Gasteiger partial charge in [-0.3, -0.25) is 4.79 Å². The molecular formula is C11H11ClFNO2. The van der Waals surface area contributed by atoms with Crippen LogP contribution < -0.4 is 5.32 Å². The van der Waals surface area contributed by atoms with Gasteiger partial charge in [-0.15, -0.1) is 0 Å². The van der Waals surface area contributed by atoms with E-state index in [0.29, 0.717) is 24.7 Å². The van der Waals surface area contributed by atoms with Crippen molar-refractivity contribution in [2.24, 2.45) is 5.92 Å². The Balaban J connectivity index is 2.07. The Morgan fingerprint density at radius 2 is 2.38 bits per heavy atom. The molecule has 0 bridgehead atoms. The van der Waals surface area contributed by atoms with Gasteiger partial charge in [-0.25, -0.2) is 4.39 Å². The van der Waals surface area contributed by atoms with Crippen molar-refractivity contribution < 1.29 is 13.9 Å². The van der Waals surface area contributed by atoms with Crippen LogP contribution in [0, 0.1) is 11.7 Å². The van der Waals surface area contributed by atoms with Gasteiger partial charge in [0.05, 0.1) is 18.2 Å². The zero-order valence-electron chi connectivity index (χ0n) is 8.50. The summed E-state index contributed by atoms with van der Waals surface area (Å²) in [4.78, 5) is 11.7. The molecule has 3 nitrogen and oxygen atoms in total. The second-order valence-electron chi connectivity index (χ2n) is 3.67. The van der Waals surface area contributed by atoms with Gasteiger partial charge in [0.1, 0.15) is 5.82 Å². The van der Waals surface area contributed by atoms with Gasteiger partial charge in [0.25, 0.3) is 0 Å². The molecule has 2 rings (SSSR count). The number of hydrogen-bond acceptors (Lipinski definition) is 2. The zero-order valence-corrected chi connectivity index (χ0v) is 9.26. The fraction of sp³-hybridized carbons (Fsp3) is 0.364. The van der Waals surface area contributed by atoms with Gasteiger partial charge in [-0.2, -0.15) is 0 Å². The van der Waals surface area contributed by atoms with E-state index in [4.69, 9.17) is 16.3 Å². The number of amides is 1. The van der Waals surface area contributed by atoms with E-state index in [0.717, 1.165) is 0 Å². The lowest BCUT2D eigenvalue weighted by atomic mass is 10.1. The number of halogens is 2. The number of carbonyl (C=O) groups excluding carboxylic acids is 1. The summed E-state index contributed by atoms with van der Waals surface area (Å²) in [7, 11) is 0. The smallest absolute Gasteiger partial charge is 0.229 e. The molecule has 1 fully saturated rings. The molecule has 1 saturated heterocycles. The average molecular weight is 244 g/mol. The van der Waals surface area contributed by atoms with Gasteiger partial charge >= 0.3 is 0 Å². The molecule has 1 aliphatic heterocycles. The lowest BCUT2D eigenvalue weighted by molar-refractivity contribution is -0.119. The number of ether oxygens (including phenoxy) is 1. The molecule has 0 aliphatic carbocycles. The highest BCUT2D eigenvalue weighted by atomic mass is 35.5. The van der Waals surface area contributed by atoms with E-state index in [2.05, 4.69) is 5.32 Å². The van der Waals surface area contributed by atoms with Crippen LogP contribution in [0.2, 0.25) is 5.02 Å². The van der Waals surface area contributed by atoms with Crippen molar-refractivity contribution in [3.63, 3.8) is 0 Å². The summed E-state index contributed by atoms with van der Waals surface area (Å²) in [5.74, 6) is -0.909. The second-order valence-corrected chi connectivity index (χ2v) is 4.11. The maximum Gasteiger partial charge on any atom is 0.229 e. The first-order chi connectivity index (χ1) is 7.66. The van der Waals surface area contributed by atoms with Crippen molar-refractivity contribution >= 4 is 23.2 Å². The molecule has 1 aliphatic rings. The summed E-state index contributed by atoms with van der Waals surface area (Å²) < 4.78 is 18.4. The summed E-state index contributed by atoms with van der Waals surface area (Å²) in [5, 5.41) is 2.90. The zero-order chi connectivity index (χ0) is 11.5. The first kappa shape index (κ1) is 11.4. The van der Waals surface area contributed by atoms with Gasteiger partial charge in [0.2, 0.25) is 5.91 Å². The fourth-order valence-corrected chi connectivity index (χ4v) is 1.74. The van der Waals surface area contributed by atoms with Gasteiger partial charge in [0.15, 0.2) is 0 Å². The lowest BCUT2D eigenvalue weighted by Gasteiger charge is -2.10. The van der Waals surface area contributed by atoms with Crippen molar-refractivity contribution in [1.82, 2.24) is 0 Å². The number of anilines is 1. The number of benzene rings is 1. The molecule has 0 saturated carbocycles. The van der Waals surface area contributed by atoms with Crippen LogP contribution in [-0.4, -0.2) is 19.1 Å². The van der Waals surface area contributed by atoms with Gasteiger partial charge in [0, 0.05) is 11.6 Å². The molecule has 0 radical (unpaired) electrons. The van der Waals surface area contributed by atoms with Crippen molar-refractivity contribution in [2.45, 2.75) is 6.42 Å². The van der Waals surface area contributed by atoms with Crippen LogP contribution in [-0.2, 0) is 9.53 Å². The third-order valence-electron chi connectivity index (χ3n) is 2.49. The molecule has 1 amide bonds. The molecule has 1 N–H and O–H groups in total. The Kier molecular flexibility index (Phi) is 3.41. The van der Waals surface area contributed by atoms with Crippen LogP contribution in [0.3, 0.4) is 0 Å². The summed E-state index contributed by atoms with van der Waals surface area (Å²) in [6, 6.07) is 4.05. The summed E-state index contributed by atoms with van der Waals surface area (Å²) in [5.41, 5.74) is 0.115. The Morgan fingerprint density at radius 3 is 3.06 bits per heavy atom. The third kappa shape index (κ3) is 2.51. The monoisotopic (exact) mass is 243 g/mol. The number of hydrogen-bond donors (Lipinski definition) is 1. The average Bonchev–Trinajstić information content (AvgIpc) is 2.76. The molecule has 1 aromatic rings. The van der Waals surface area contributed by atoms with E-state index in [9.17, 15) is 9.18 Å². The van der Waals surface area contributed by atoms with Crippen LogP contribution in [0.15, 0.2) is 18.2 Å². The minimum absolute atomic E-state index is 0.115. The molecule has 1 unspecified atom stereocenters. The molecule has 0 aromatic heterocycles. The maximum atomic E-state index is 13.3. The minimum atomic E-state index is -0.489. The maximum absolute atomic E-state index is 13.3. The molecule has 1 atom stereocenters. The van der Waals surface area contributed by atoms with E-state index in [1.807, 2.05) is 0 Å². The SMILES string of the molecule is O=C(Nc1cc(Cl)ccc1F)C1CCOC1. The predicted molar refractivity (Wildman–Crippen MR) is 59.0 cm³/mol. The van der Waals surface area contributed by atoms with E-state index in [1.165, 1.54) is 18.2 Å². The Labute approximate surface area is 97.5 Å². The summed E-state index contributed by atoms with van der Waals surface area (Å²) in [6.45, 7) is 0.976. The topological polar surface area (TPSA) is 38.3 Å². The number of nitrogens with one attached hydrogen (secondary N) is 1. The Hall–Kier alpha value is -1.13. The molecular weight excluding hydrogens is 233 g/mol. The fourth-order valence-electron chi connectivity index (χ4n) is 1.57. The Morgan fingerprint density at radius 1 is 1.56 bits per heavy atom. The quantitative estimate of drug-likeness (QED) is 0.867.